The van der Waals surface area contributed by atoms with Crippen molar-refractivity contribution in [2.75, 3.05) is 6.61 Å². The van der Waals surface area contributed by atoms with E-state index in [2.05, 4.69) is 13.5 Å². The Morgan fingerprint density at radius 1 is 1.04 bits per heavy atom. The van der Waals surface area contributed by atoms with E-state index in [9.17, 15) is 20.4 Å². The lowest BCUT2D eigenvalue weighted by atomic mass is 9.39. The maximum absolute atomic E-state index is 11.2. The second-order valence-corrected chi connectivity index (χ2v) is 9.65. The second-order valence-electron chi connectivity index (χ2n) is 9.65. The summed E-state index contributed by atoms with van der Waals surface area (Å²) in [5.74, 6) is 0.633. The molecule has 0 heterocycles. The molecule has 4 rings (SSSR count). The zero-order valence-electron chi connectivity index (χ0n) is 14.9. The van der Waals surface area contributed by atoms with Crippen molar-refractivity contribution >= 4 is 0 Å². The van der Waals surface area contributed by atoms with Crippen LogP contribution in [-0.4, -0.2) is 45.3 Å². The van der Waals surface area contributed by atoms with Crippen LogP contribution in [0.1, 0.15) is 52.4 Å². The van der Waals surface area contributed by atoms with Gasteiger partial charge in [0.05, 0.1) is 24.9 Å². The van der Waals surface area contributed by atoms with Crippen molar-refractivity contribution in [1.29, 1.82) is 0 Å². The van der Waals surface area contributed by atoms with E-state index >= 15 is 0 Å². The van der Waals surface area contributed by atoms with Crippen LogP contribution in [0.3, 0.4) is 0 Å². The lowest BCUT2D eigenvalue weighted by molar-refractivity contribution is -0.245. The molecular weight excluding hydrogens is 304 g/mol. The molecule has 0 aromatic heterocycles. The van der Waals surface area contributed by atoms with Crippen molar-refractivity contribution < 1.29 is 20.4 Å². The third-order valence-electron chi connectivity index (χ3n) is 8.96. The molecule has 0 amide bonds. The normalized spacial score (nSPS) is 59.8. The average Bonchev–Trinajstić information content (AvgIpc) is 2.76. The Morgan fingerprint density at radius 2 is 1.75 bits per heavy atom. The minimum absolute atomic E-state index is 0.0568. The molecule has 1 spiro atoms. The fourth-order valence-corrected chi connectivity index (χ4v) is 7.54. The standard InChI is InChI=1S/C20H32O4/c1-11-12-4-5-13-18(2)7-6-15(22)19(3,10-21)14(18)8-16(23)20(13,9-12)17(11)24/h12-17,21-24H,1,4-10H2,2-3H3. The molecule has 0 aromatic carbocycles. The molecule has 136 valence electrons. The molecule has 4 saturated carbocycles. The molecule has 4 N–H and O–H groups in total. The van der Waals surface area contributed by atoms with Crippen LogP contribution in [0.25, 0.3) is 0 Å². The first-order valence-corrected chi connectivity index (χ1v) is 9.55. The van der Waals surface area contributed by atoms with Gasteiger partial charge in [0.15, 0.2) is 0 Å². The smallest absolute Gasteiger partial charge is 0.0834 e. The molecule has 4 aliphatic rings. The third kappa shape index (κ3) is 1.74. The summed E-state index contributed by atoms with van der Waals surface area (Å²) in [4.78, 5) is 0. The van der Waals surface area contributed by atoms with Gasteiger partial charge in [-0.3, -0.25) is 0 Å². The highest BCUT2D eigenvalue weighted by Gasteiger charge is 2.70. The van der Waals surface area contributed by atoms with Crippen LogP contribution in [-0.2, 0) is 0 Å². The van der Waals surface area contributed by atoms with Gasteiger partial charge in [-0.2, -0.15) is 0 Å². The second kappa shape index (κ2) is 5.06. The van der Waals surface area contributed by atoms with Gasteiger partial charge in [-0.1, -0.05) is 20.4 Å². The Labute approximate surface area is 144 Å². The number of hydrogen-bond acceptors (Lipinski definition) is 4. The van der Waals surface area contributed by atoms with Crippen LogP contribution in [0.4, 0.5) is 0 Å². The number of fused-ring (bicyclic) bond motifs is 3. The molecule has 2 bridgehead atoms. The SMILES string of the molecule is C=C1C2CCC3C4(C)CCC(O)C(C)(CO)C4CC(O)C3(C2)C1O. The predicted octanol–water partition coefficient (Wildman–Crippen LogP) is 1.86. The molecule has 9 unspecified atom stereocenters. The van der Waals surface area contributed by atoms with Crippen LogP contribution in [0, 0.1) is 34.0 Å². The van der Waals surface area contributed by atoms with Crippen LogP contribution < -0.4 is 0 Å². The van der Waals surface area contributed by atoms with E-state index < -0.39 is 29.1 Å². The summed E-state index contributed by atoms with van der Waals surface area (Å²) in [6.07, 6.45) is 3.30. The van der Waals surface area contributed by atoms with Crippen molar-refractivity contribution in [3.8, 4) is 0 Å². The van der Waals surface area contributed by atoms with Crippen LogP contribution in [0.15, 0.2) is 12.2 Å². The van der Waals surface area contributed by atoms with Crippen molar-refractivity contribution in [2.24, 2.45) is 34.0 Å². The van der Waals surface area contributed by atoms with Gasteiger partial charge in [-0.15, -0.1) is 0 Å². The number of hydrogen-bond donors (Lipinski definition) is 4. The van der Waals surface area contributed by atoms with Gasteiger partial charge < -0.3 is 20.4 Å². The molecule has 0 aliphatic heterocycles. The molecule has 4 aliphatic carbocycles. The first-order valence-electron chi connectivity index (χ1n) is 9.55. The molecule has 9 atom stereocenters. The van der Waals surface area contributed by atoms with Crippen LogP contribution in [0.2, 0.25) is 0 Å². The van der Waals surface area contributed by atoms with Gasteiger partial charge in [-0.25, -0.2) is 0 Å². The quantitative estimate of drug-likeness (QED) is 0.551. The summed E-state index contributed by atoms with van der Waals surface area (Å²) in [7, 11) is 0. The van der Waals surface area contributed by atoms with Crippen LogP contribution in [0.5, 0.6) is 0 Å². The number of aliphatic hydroxyl groups is 4. The minimum atomic E-state index is -0.616. The van der Waals surface area contributed by atoms with Gasteiger partial charge >= 0.3 is 0 Å². The molecule has 0 aromatic rings. The van der Waals surface area contributed by atoms with Crippen LogP contribution >= 0.6 is 0 Å². The first-order chi connectivity index (χ1) is 11.2. The van der Waals surface area contributed by atoms with Gasteiger partial charge in [-0.05, 0) is 67.3 Å². The van der Waals surface area contributed by atoms with Gasteiger partial charge in [0, 0.05) is 10.8 Å². The summed E-state index contributed by atoms with van der Waals surface area (Å²) >= 11 is 0. The maximum atomic E-state index is 11.2. The zero-order valence-corrected chi connectivity index (χ0v) is 14.9. The topological polar surface area (TPSA) is 80.9 Å². The lowest BCUT2D eigenvalue weighted by Gasteiger charge is -2.66. The minimum Gasteiger partial charge on any atom is -0.396 e. The van der Waals surface area contributed by atoms with E-state index in [4.69, 9.17) is 0 Å². The average molecular weight is 336 g/mol. The van der Waals surface area contributed by atoms with Crippen molar-refractivity contribution in [2.45, 2.75) is 70.7 Å². The first kappa shape index (κ1) is 17.0. The van der Waals surface area contributed by atoms with E-state index in [1.54, 1.807) is 0 Å². The highest BCUT2D eigenvalue weighted by atomic mass is 16.3. The molecule has 4 fully saturated rings. The summed E-state index contributed by atoms with van der Waals surface area (Å²) < 4.78 is 0. The summed E-state index contributed by atoms with van der Waals surface area (Å²) in [5, 5.41) is 42.8. The van der Waals surface area contributed by atoms with Gasteiger partial charge in [0.2, 0.25) is 0 Å². The highest BCUT2D eigenvalue weighted by Crippen LogP contribution is 2.71. The van der Waals surface area contributed by atoms with E-state index in [0.717, 1.165) is 31.3 Å². The molecule has 4 heteroatoms. The molecule has 0 saturated heterocycles. The van der Waals surface area contributed by atoms with Crippen molar-refractivity contribution in [3.05, 3.63) is 12.2 Å². The number of aliphatic hydroxyl groups excluding tert-OH is 4. The highest BCUT2D eigenvalue weighted by molar-refractivity contribution is 5.29. The number of rotatable bonds is 1. The molecule has 0 radical (unpaired) electrons. The van der Waals surface area contributed by atoms with Gasteiger partial charge in [0.25, 0.3) is 0 Å². The summed E-state index contributed by atoms with van der Waals surface area (Å²) in [6.45, 7) is 8.34. The molecule has 24 heavy (non-hydrogen) atoms. The Bertz CT molecular complexity index is 562. The largest absolute Gasteiger partial charge is 0.396 e. The van der Waals surface area contributed by atoms with E-state index in [-0.39, 0.29) is 23.9 Å². The predicted molar refractivity (Wildman–Crippen MR) is 91.1 cm³/mol. The third-order valence-corrected chi connectivity index (χ3v) is 8.96. The van der Waals surface area contributed by atoms with Gasteiger partial charge in [0.1, 0.15) is 0 Å². The fraction of sp³-hybridized carbons (Fsp3) is 0.900. The fourth-order valence-electron chi connectivity index (χ4n) is 7.54. The van der Waals surface area contributed by atoms with Crippen molar-refractivity contribution in [1.82, 2.24) is 0 Å². The van der Waals surface area contributed by atoms with E-state index in [0.29, 0.717) is 18.8 Å². The Morgan fingerprint density at radius 3 is 2.42 bits per heavy atom. The molecule has 4 nitrogen and oxygen atoms in total. The Balaban J connectivity index is 1.82. The Hall–Kier alpha value is -0.420. The monoisotopic (exact) mass is 336 g/mol. The Kier molecular flexibility index (Phi) is 3.59. The molecular formula is C20H32O4. The van der Waals surface area contributed by atoms with E-state index in [1.807, 2.05) is 6.92 Å². The zero-order chi connectivity index (χ0) is 17.5. The van der Waals surface area contributed by atoms with E-state index in [1.165, 1.54) is 0 Å². The lowest BCUT2D eigenvalue weighted by Crippen LogP contribution is -2.66. The summed E-state index contributed by atoms with van der Waals surface area (Å²) in [5.41, 5.74) is -0.192. The summed E-state index contributed by atoms with van der Waals surface area (Å²) in [6, 6.07) is 0. The maximum Gasteiger partial charge on any atom is 0.0834 e. The van der Waals surface area contributed by atoms with Crippen molar-refractivity contribution in [3.63, 3.8) is 0 Å².